The van der Waals surface area contributed by atoms with Gasteiger partial charge in [-0.2, -0.15) is 0 Å². The second-order valence-electron chi connectivity index (χ2n) is 5.17. The van der Waals surface area contributed by atoms with Gasteiger partial charge >= 0.3 is 0 Å². The summed E-state index contributed by atoms with van der Waals surface area (Å²) >= 11 is 0. The summed E-state index contributed by atoms with van der Waals surface area (Å²) in [5, 5.41) is 21.6. The maximum Gasteiger partial charge on any atom is 0.172 e. The number of anilines is 1. The van der Waals surface area contributed by atoms with Crippen molar-refractivity contribution < 1.29 is 10.3 Å². The third kappa shape index (κ3) is 2.38. The fourth-order valence-corrected chi connectivity index (χ4v) is 2.87. The average Bonchev–Trinajstić information content (AvgIpc) is 2.78. The Bertz CT molecular complexity index is 488. The average molecular weight is 263 g/mol. The van der Waals surface area contributed by atoms with E-state index in [4.69, 9.17) is 10.9 Å². The summed E-state index contributed by atoms with van der Waals surface area (Å²) in [6.07, 6.45) is 1.04. The van der Waals surface area contributed by atoms with Gasteiger partial charge in [0, 0.05) is 12.1 Å². The predicted molar refractivity (Wildman–Crippen MR) is 75.7 cm³/mol. The van der Waals surface area contributed by atoms with Gasteiger partial charge in [-0.1, -0.05) is 24.2 Å². The molecule has 0 spiro atoms. The minimum atomic E-state index is 0.0892. The van der Waals surface area contributed by atoms with Crippen LogP contribution in [0.15, 0.2) is 23.4 Å². The van der Waals surface area contributed by atoms with Crippen LogP contribution in [0.1, 0.15) is 24.5 Å². The van der Waals surface area contributed by atoms with E-state index in [2.05, 4.69) is 17.0 Å². The second-order valence-corrected chi connectivity index (χ2v) is 5.17. The Morgan fingerprint density at radius 3 is 2.89 bits per heavy atom. The molecule has 1 aliphatic rings. The Hall–Kier alpha value is -1.75. The van der Waals surface area contributed by atoms with E-state index in [0.29, 0.717) is 5.92 Å². The molecular formula is C14H21N3O2. The highest BCUT2D eigenvalue weighted by Crippen LogP contribution is 2.34. The van der Waals surface area contributed by atoms with E-state index < -0.39 is 0 Å². The van der Waals surface area contributed by atoms with Gasteiger partial charge in [0.25, 0.3) is 0 Å². The van der Waals surface area contributed by atoms with Crippen LogP contribution in [0.5, 0.6) is 0 Å². The minimum Gasteiger partial charge on any atom is -0.409 e. The van der Waals surface area contributed by atoms with E-state index >= 15 is 0 Å². The summed E-state index contributed by atoms with van der Waals surface area (Å²) < 4.78 is 0. The van der Waals surface area contributed by atoms with Gasteiger partial charge in [0.1, 0.15) is 0 Å². The summed E-state index contributed by atoms with van der Waals surface area (Å²) in [5.41, 5.74) is 8.51. The molecule has 0 aromatic heterocycles. The van der Waals surface area contributed by atoms with Crippen LogP contribution in [-0.2, 0) is 0 Å². The number of aryl methyl sites for hydroxylation is 1. The molecule has 19 heavy (non-hydrogen) atoms. The first kappa shape index (κ1) is 13.7. The first-order chi connectivity index (χ1) is 9.10. The molecule has 0 aliphatic carbocycles. The lowest BCUT2D eigenvalue weighted by atomic mass is 10.0. The number of oxime groups is 1. The number of rotatable bonds is 3. The lowest BCUT2D eigenvalue weighted by Gasteiger charge is -2.30. The van der Waals surface area contributed by atoms with Crippen LogP contribution in [0.25, 0.3) is 0 Å². The molecule has 4 N–H and O–H groups in total. The fourth-order valence-electron chi connectivity index (χ4n) is 2.87. The van der Waals surface area contributed by atoms with Crippen molar-refractivity contribution in [1.29, 1.82) is 0 Å². The Balaban J connectivity index is 2.49. The first-order valence-electron chi connectivity index (χ1n) is 6.55. The van der Waals surface area contributed by atoms with Crippen molar-refractivity contribution in [3.05, 3.63) is 29.3 Å². The third-order valence-corrected chi connectivity index (χ3v) is 3.98. The zero-order valence-corrected chi connectivity index (χ0v) is 11.4. The quantitative estimate of drug-likeness (QED) is 0.332. The van der Waals surface area contributed by atoms with E-state index in [-0.39, 0.29) is 18.5 Å². The lowest BCUT2D eigenvalue weighted by molar-refractivity contribution is 0.244. The molecule has 0 bridgehead atoms. The fraction of sp³-hybridized carbons (Fsp3) is 0.500. The zero-order valence-electron chi connectivity index (χ0n) is 11.4. The normalized spacial score (nSPS) is 23.9. The van der Waals surface area contributed by atoms with Crippen molar-refractivity contribution in [3.63, 3.8) is 0 Å². The van der Waals surface area contributed by atoms with E-state index in [1.54, 1.807) is 0 Å². The van der Waals surface area contributed by atoms with Crippen molar-refractivity contribution >= 4 is 11.5 Å². The smallest absolute Gasteiger partial charge is 0.172 e. The molecular weight excluding hydrogens is 242 g/mol. The van der Waals surface area contributed by atoms with Gasteiger partial charge in [-0.25, -0.2) is 0 Å². The minimum absolute atomic E-state index is 0.0892. The number of aliphatic hydroxyl groups excluding tert-OH is 1. The molecule has 1 aromatic carbocycles. The maximum absolute atomic E-state index is 9.59. The molecule has 1 aliphatic heterocycles. The second kappa shape index (κ2) is 5.48. The van der Waals surface area contributed by atoms with Crippen LogP contribution in [0, 0.1) is 12.8 Å². The van der Waals surface area contributed by atoms with Gasteiger partial charge in [0.2, 0.25) is 0 Å². The van der Waals surface area contributed by atoms with Crippen LogP contribution in [-0.4, -0.2) is 35.3 Å². The van der Waals surface area contributed by atoms with Crippen molar-refractivity contribution in [2.24, 2.45) is 16.8 Å². The Morgan fingerprint density at radius 2 is 2.26 bits per heavy atom. The molecule has 1 fully saturated rings. The molecule has 1 aromatic rings. The van der Waals surface area contributed by atoms with Crippen LogP contribution >= 0.6 is 0 Å². The third-order valence-electron chi connectivity index (χ3n) is 3.98. The van der Waals surface area contributed by atoms with Crippen LogP contribution < -0.4 is 10.6 Å². The number of hydrogen-bond donors (Lipinski definition) is 3. The standard InChI is InChI=1S/C14H21N3O2/c1-9-6-7-17(12(9)8-18)13-10(2)4-3-5-11(13)14(15)16-19/h3-5,9,12,18-19H,6-8H2,1-2H3,(H2,15,16). The van der Waals surface area contributed by atoms with Crippen molar-refractivity contribution in [2.75, 3.05) is 18.1 Å². The first-order valence-corrected chi connectivity index (χ1v) is 6.55. The van der Waals surface area contributed by atoms with Gasteiger partial charge in [0.05, 0.1) is 18.3 Å². The van der Waals surface area contributed by atoms with E-state index in [0.717, 1.165) is 29.8 Å². The summed E-state index contributed by atoms with van der Waals surface area (Å²) in [7, 11) is 0. The highest BCUT2D eigenvalue weighted by molar-refractivity contribution is 6.03. The molecule has 5 nitrogen and oxygen atoms in total. The maximum atomic E-state index is 9.59. The Morgan fingerprint density at radius 1 is 1.53 bits per heavy atom. The van der Waals surface area contributed by atoms with Crippen LogP contribution in [0.3, 0.4) is 0 Å². The topological polar surface area (TPSA) is 82.1 Å². The lowest BCUT2D eigenvalue weighted by Crippen LogP contribution is -2.37. The molecule has 0 amide bonds. The van der Waals surface area contributed by atoms with Crippen molar-refractivity contribution in [3.8, 4) is 0 Å². The molecule has 2 unspecified atom stereocenters. The van der Waals surface area contributed by atoms with E-state index in [1.165, 1.54) is 0 Å². The van der Waals surface area contributed by atoms with Crippen molar-refractivity contribution in [2.45, 2.75) is 26.3 Å². The molecule has 1 saturated heterocycles. The number of para-hydroxylation sites is 1. The predicted octanol–water partition coefficient (Wildman–Crippen LogP) is 1.30. The molecule has 2 rings (SSSR count). The zero-order chi connectivity index (χ0) is 14.0. The molecule has 104 valence electrons. The molecule has 2 atom stereocenters. The number of aliphatic hydroxyl groups is 1. The molecule has 1 heterocycles. The molecule has 0 radical (unpaired) electrons. The van der Waals surface area contributed by atoms with Crippen LogP contribution in [0.2, 0.25) is 0 Å². The summed E-state index contributed by atoms with van der Waals surface area (Å²) in [5.74, 6) is 0.541. The van der Waals surface area contributed by atoms with Crippen LogP contribution in [0.4, 0.5) is 5.69 Å². The molecule has 5 heteroatoms. The Labute approximate surface area is 113 Å². The number of benzene rings is 1. The number of amidine groups is 1. The summed E-state index contributed by atoms with van der Waals surface area (Å²) in [4.78, 5) is 2.17. The van der Waals surface area contributed by atoms with Gasteiger partial charge in [-0.15, -0.1) is 0 Å². The Kier molecular flexibility index (Phi) is 3.95. The van der Waals surface area contributed by atoms with Gasteiger partial charge in [0.15, 0.2) is 5.84 Å². The highest BCUT2D eigenvalue weighted by Gasteiger charge is 2.32. The SMILES string of the molecule is Cc1cccc(/C(N)=N/O)c1N1CCC(C)C1CO. The largest absolute Gasteiger partial charge is 0.409 e. The number of nitrogens with zero attached hydrogens (tertiary/aromatic N) is 2. The van der Waals surface area contributed by atoms with E-state index in [1.807, 2.05) is 25.1 Å². The number of nitrogens with two attached hydrogens (primary N) is 1. The summed E-state index contributed by atoms with van der Waals surface area (Å²) in [6, 6.07) is 5.82. The van der Waals surface area contributed by atoms with Gasteiger partial charge in [-0.05, 0) is 30.9 Å². The summed E-state index contributed by atoms with van der Waals surface area (Å²) in [6.45, 7) is 5.14. The monoisotopic (exact) mass is 263 g/mol. The molecule has 0 saturated carbocycles. The highest BCUT2D eigenvalue weighted by atomic mass is 16.4. The number of hydrogen-bond acceptors (Lipinski definition) is 4. The van der Waals surface area contributed by atoms with Gasteiger partial charge < -0.3 is 20.9 Å². The van der Waals surface area contributed by atoms with Crippen molar-refractivity contribution in [1.82, 2.24) is 0 Å². The van der Waals surface area contributed by atoms with Gasteiger partial charge in [-0.3, -0.25) is 0 Å². The van der Waals surface area contributed by atoms with E-state index in [9.17, 15) is 5.11 Å².